The van der Waals surface area contributed by atoms with Crippen LogP contribution in [0.25, 0.3) is 10.9 Å². The number of hydrogen-bond acceptors (Lipinski definition) is 4. The molecule has 1 unspecified atom stereocenters. The number of benzene rings is 3. The van der Waals surface area contributed by atoms with Crippen molar-refractivity contribution in [3.8, 4) is 17.2 Å². The minimum atomic E-state index is -0.319. The number of rotatable bonds is 5. The zero-order chi connectivity index (χ0) is 24.5. The number of fused-ring (bicyclic) bond motifs is 3. The van der Waals surface area contributed by atoms with Crippen molar-refractivity contribution in [2.75, 3.05) is 33.2 Å². The fraction of sp³-hybridized carbons (Fsp3) is 0.222. The second kappa shape index (κ2) is 9.43. The normalized spacial score (nSPS) is 15.0. The van der Waals surface area contributed by atoms with Gasteiger partial charge < -0.3 is 29.4 Å². The van der Waals surface area contributed by atoms with Crippen molar-refractivity contribution in [2.24, 2.45) is 0 Å². The van der Waals surface area contributed by atoms with Crippen LogP contribution in [0.5, 0.6) is 17.2 Å². The third-order valence-electron chi connectivity index (χ3n) is 6.43. The Hall–Kier alpha value is -3.84. The lowest BCUT2D eigenvalue weighted by Gasteiger charge is -2.36. The highest BCUT2D eigenvalue weighted by atomic mass is 35.5. The van der Waals surface area contributed by atoms with Crippen LogP contribution >= 0.6 is 11.6 Å². The highest BCUT2D eigenvalue weighted by Gasteiger charge is 2.35. The molecule has 180 valence electrons. The summed E-state index contributed by atoms with van der Waals surface area (Å²) in [6, 6.07) is 18.4. The molecular formula is C27H26ClN3O4. The molecule has 2 N–H and O–H groups in total. The summed E-state index contributed by atoms with van der Waals surface area (Å²) in [5.41, 5.74) is 4.70. The van der Waals surface area contributed by atoms with Crippen molar-refractivity contribution >= 4 is 34.2 Å². The lowest BCUT2D eigenvalue weighted by Crippen LogP contribution is -2.43. The maximum Gasteiger partial charge on any atom is 0.322 e. The second-order valence-electron chi connectivity index (χ2n) is 8.32. The van der Waals surface area contributed by atoms with Gasteiger partial charge in [0.1, 0.15) is 17.2 Å². The van der Waals surface area contributed by atoms with Crippen molar-refractivity contribution in [2.45, 2.75) is 12.5 Å². The largest absolute Gasteiger partial charge is 0.497 e. The van der Waals surface area contributed by atoms with E-state index in [0.29, 0.717) is 35.2 Å². The first kappa shape index (κ1) is 22.9. The first-order valence-corrected chi connectivity index (χ1v) is 11.6. The van der Waals surface area contributed by atoms with Crippen LogP contribution in [0.3, 0.4) is 0 Å². The first-order chi connectivity index (χ1) is 17.0. The molecule has 1 aromatic heterocycles. The second-order valence-corrected chi connectivity index (χ2v) is 8.76. The van der Waals surface area contributed by atoms with Crippen LogP contribution in [-0.4, -0.2) is 43.8 Å². The van der Waals surface area contributed by atoms with Crippen molar-refractivity contribution < 1.29 is 19.0 Å². The molecule has 0 saturated carbocycles. The Kier molecular flexibility index (Phi) is 6.17. The summed E-state index contributed by atoms with van der Waals surface area (Å²) >= 11 is 6.30. The molecule has 2 heterocycles. The Morgan fingerprint density at radius 2 is 1.71 bits per heavy atom. The number of aromatic amines is 1. The summed E-state index contributed by atoms with van der Waals surface area (Å²) < 4.78 is 16.1. The molecule has 35 heavy (non-hydrogen) atoms. The molecule has 3 aromatic carbocycles. The van der Waals surface area contributed by atoms with Crippen LogP contribution in [-0.2, 0) is 6.42 Å². The standard InChI is InChI=1S/C27H26ClN3O4/c1-33-18-7-4-16(5-8-18)26-25-20(21-14-17(28)6-10-22(21)29-25)12-13-31(26)27(32)30-23-11-9-19(34-2)15-24(23)35-3/h4-11,14-15,26,29H,12-13H2,1-3H3,(H,30,32). The van der Waals surface area contributed by atoms with E-state index in [1.54, 1.807) is 39.5 Å². The summed E-state index contributed by atoms with van der Waals surface area (Å²) in [5, 5.41) is 4.80. The lowest BCUT2D eigenvalue weighted by molar-refractivity contribution is 0.193. The number of hydrogen-bond donors (Lipinski definition) is 2. The molecule has 1 aliphatic rings. The smallest absolute Gasteiger partial charge is 0.322 e. The van der Waals surface area contributed by atoms with Gasteiger partial charge in [-0.25, -0.2) is 4.79 Å². The Labute approximate surface area is 208 Å². The minimum absolute atomic E-state index is 0.225. The zero-order valence-corrected chi connectivity index (χ0v) is 20.5. The van der Waals surface area contributed by atoms with Gasteiger partial charge in [0.2, 0.25) is 0 Å². The molecular weight excluding hydrogens is 466 g/mol. The van der Waals surface area contributed by atoms with E-state index in [2.05, 4.69) is 10.3 Å². The summed E-state index contributed by atoms with van der Waals surface area (Å²) in [6.07, 6.45) is 0.704. The molecule has 2 amide bonds. The van der Waals surface area contributed by atoms with Gasteiger partial charge in [0.15, 0.2) is 0 Å². The number of halogens is 1. The molecule has 0 bridgehead atoms. The Bertz CT molecular complexity index is 1380. The van der Waals surface area contributed by atoms with Gasteiger partial charge in [-0.1, -0.05) is 23.7 Å². The van der Waals surface area contributed by atoms with Crippen LogP contribution in [0.4, 0.5) is 10.5 Å². The number of carbonyl (C=O) groups is 1. The van der Waals surface area contributed by atoms with E-state index in [1.807, 2.05) is 47.4 Å². The minimum Gasteiger partial charge on any atom is -0.497 e. The topological polar surface area (TPSA) is 75.8 Å². The number of nitrogens with zero attached hydrogens (tertiary/aromatic N) is 1. The molecule has 1 aliphatic heterocycles. The van der Waals surface area contributed by atoms with Crippen LogP contribution in [0, 0.1) is 0 Å². The third-order valence-corrected chi connectivity index (χ3v) is 6.67. The molecule has 8 heteroatoms. The van der Waals surface area contributed by atoms with E-state index >= 15 is 0 Å². The van der Waals surface area contributed by atoms with Crippen molar-refractivity contribution in [1.29, 1.82) is 0 Å². The summed E-state index contributed by atoms with van der Waals surface area (Å²) in [5.74, 6) is 1.93. The molecule has 0 radical (unpaired) electrons. The molecule has 4 aromatic rings. The molecule has 0 fully saturated rings. The maximum absolute atomic E-state index is 13.6. The van der Waals surface area contributed by atoms with E-state index in [0.717, 1.165) is 27.9 Å². The molecule has 5 rings (SSSR count). The monoisotopic (exact) mass is 491 g/mol. The quantitative estimate of drug-likeness (QED) is 0.357. The van der Waals surface area contributed by atoms with Gasteiger partial charge in [0.05, 0.1) is 33.1 Å². The number of H-pyrrole nitrogens is 1. The van der Waals surface area contributed by atoms with Gasteiger partial charge >= 0.3 is 6.03 Å². The van der Waals surface area contributed by atoms with E-state index in [4.69, 9.17) is 25.8 Å². The average Bonchev–Trinajstić information content (AvgIpc) is 3.26. The SMILES string of the molecule is COc1ccc(C2c3[nH]c4ccc(Cl)cc4c3CCN2C(=O)Nc2ccc(OC)cc2OC)cc1. The van der Waals surface area contributed by atoms with Crippen LogP contribution in [0.1, 0.15) is 22.9 Å². The highest BCUT2D eigenvalue weighted by molar-refractivity contribution is 6.31. The number of amides is 2. The van der Waals surface area contributed by atoms with Crippen LogP contribution < -0.4 is 19.5 Å². The Morgan fingerprint density at radius 3 is 2.43 bits per heavy atom. The number of urea groups is 1. The van der Waals surface area contributed by atoms with E-state index in [-0.39, 0.29) is 12.1 Å². The summed E-state index contributed by atoms with van der Waals surface area (Å²) in [4.78, 5) is 19.0. The van der Waals surface area contributed by atoms with Crippen LogP contribution in [0.15, 0.2) is 60.7 Å². The number of nitrogens with one attached hydrogen (secondary N) is 2. The van der Waals surface area contributed by atoms with Gasteiger partial charge in [-0.3, -0.25) is 0 Å². The van der Waals surface area contributed by atoms with Gasteiger partial charge in [-0.2, -0.15) is 0 Å². The number of ether oxygens (including phenoxy) is 3. The number of anilines is 1. The maximum atomic E-state index is 13.6. The Morgan fingerprint density at radius 1 is 0.971 bits per heavy atom. The lowest BCUT2D eigenvalue weighted by atomic mass is 9.92. The first-order valence-electron chi connectivity index (χ1n) is 11.3. The molecule has 0 aliphatic carbocycles. The molecule has 7 nitrogen and oxygen atoms in total. The zero-order valence-electron chi connectivity index (χ0n) is 19.7. The van der Waals surface area contributed by atoms with Crippen molar-refractivity contribution in [3.05, 3.63) is 82.5 Å². The average molecular weight is 492 g/mol. The highest BCUT2D eigenvalue weighted by Crippen LogP contribution is 2.40. The number of carbonyl (C=O) groups excluding carboxylic acids is 1. The van der Waals surface area contributed by atoms with Gasteiger partial charge in [0.25, 0.3) is 0 Å². The fourth-order valence-electron chi connectivity index (χ4n) is 4.70. The van der Waals surface area contributed by atoms with Crippen molar-refractivity contribution in [3.63, 3.8) is 0 Å². The molecule has 0 saturated heterocycles. The van der Waals surface area contributed by atoms with Gasteiger partial charge in [-0.15, -0.1) is 0 Å². The van der Waals surface area contributed by atoms with E-state index in [1.165, 1.54) is 5.56 Å². The number of aromatic nitrogens is 1. The van der Waals surface area contributed by atoms with Gasteiger partial charge in [-0.05, 0) is 60.0 Å². The van der Waals surface area contributed by atoms with Crippen LogP contribution in [0.2, 0.25) is 5.02 Å². The fourth-order valence-corrected chi connectivity index (χ4v) is 4.87. The van der Waals surface area contributed by atoms with E-state index in [9.17, 15) is 4.79 Å². The third kappa shape index (κ3) is 4.23. The predicted molar refractivity (Wildman–Crippen MR) is 137 cm³/mol. The summed E-state index contributed by atoms with van der Waals surface area (Å²) in [7, 11) is 4.79. The van der Waals surface area contributed by atoms with E-state index < -0.39 is 0 Å². The molecule has 0 spiro atoms. The van der Waals surface area contributed by atoms with Gasteiger partial charge in [0, 0.05) is 34.2 Å². The Balaban J connectivity index is 1.56. The number of methoxy groups -OCH3 is 3. The predicted octanol–water partition coefficient (Wildman–Crippen LogP) is 6.03. The molecule has 1 atom stereocenters. The summed E-state index contributed by atoms with van der Waals surface area (Å²) in [6.45, 7) is 0.535. The van der Waals surface area contributed by atoms with Crippen molar-refractivity contribution in [1.82, 2.24) is 9.88 Å².